The third-order valence-corrected chi connectivity index (χ3v) is 6.12. The van der Waals surface area contributed by atoms with Crippen molar-refractivity contribution in [1.82, 2.24) is 14.8 Å². The highest BCUT2D eigenvalue weighted by atomic mass is 16.5. The lowest BCUT2D eigenvalue weighted by Gasteiger charge is -2.32. The SMILES string of the molecule is COc1ccc(C(=O)NCC2CCN(C(=O)c3ccc(-n4cccc4)cc3)CC2)cc1OC. The molecule has 7 nitrogen and oxygen atoms in total. The molecule has 0 atom stereocenters. The minimum Gasteiger partial charge on any atom is -0.493 e. The molecule has 1 N–H and O–H groups in total. The van der Waals surface area contributed by atoms with Gasteiger partial charge in [0.15, 0.2) is 11.5 Å². The third-order valence-electron chi connectivity index (χ3n) is 6.12. The Hall–Kier alpha value is -3.74. The van der Waals surface area contributed by atoms with Gasteiger partial charge in [0.2, 0.25) is 0 Å². The van der Waals surface area contributed by atoms with Crippen LogP contribution in [0.15, 0.2) is 67.0 Å². The second kappa shape index (κ2) is 10.3. The summed E-state index contributed by atoms with van der Waals surface area (Å²) in [6, 6.07) is 16.8. The van der Waals surface area contributed by atoms with Crippen molar-refractivity contribution in [3.8, 4) is 17.2 Å². The van der Waals surface area contributed by atoms with E-state index in [2.05, 4.69) is 5.32 Å². The number of nitrogens with one attached hydrogen (secondary N) is 1. The normalized spacial score (nSPS) is 14.1. The van der Waals surface area contributed by atoms with Crippen molar-refractivity contribution < 1.29 is 19.1 Å². The van der Waals surface area contributed by atoms with Crippen molar-refractivity contribution in [2.24, 2.45) is 5.92 Å². The summed E-state index contributed by atoms with van der Waals surface area (Å²) in [5, 5.41) is 3.01. The highest BCUT2D eigenvalue weighted by Crippen LogP contribution is 2.27. The Morgan fingerprint density at radius 2 is 1.55 bits per heavy atom. The number of methoxy groups -OCH3 is 2. The topological polar surface area (TPSA) is 72.8 Å². The molecule has 33 heavy (non-hydrogen) atoms. The molecule has 0 bridgehead atoms. The number of nitrogens with zero attached hydrogens (tertiary/aromatic N) is 2. The van der Waals surface area contributed by atoms with Crippen LogP contribution in [0.3, 0.4) is 0 Å². The Bertz CT molecular complexity index is 1090. The fourth-order valence-corrected chi connectivity index (χ4v) is 4.12. The third kappa shape index (κ3) is 5.19. The number of ether oxygens (including phenoxy) is 2. The van der Waals surface area contributed by atoms with Gasteiger partial charge in [-0.2, -0.15) is 0 Å². The summed E-state index contributed by atoms with van der Waals surface area (Å²) < 4.78 is 12.5. The van der Waals surface area contributed by atoms with Crippen molar-refractivity contribution in [3.05, 3.63) is 78.1 Å². The standard InChI is InChI=1S/C26H29N3O4/c1-32-23-10-7-21(17-24(23)33-2)25(30)27-18-19-11-15-29(16-12-19)26(31)20-5-8-22(9-6-20)28-13-3-4-14-28/h3-10,13-14,17,19H,11-12,15-16,18H2,1-2H3,(H,27,30). The number of likely N-dealkylation sites (tertiary alicyclic amines) is 1. The number of amides is 2. The van der Waals surface area contributed by atoms with Crippen molar-refractivity contribution in [2.75, 3.05) is 33.9 Å². The molecule has 2 aromatic carbocycles. The van der Waals surface area contributed by atoms with Crippen LogP contribution in [0.2, 0.25) is 0 Å². The molecule has 0 spiro atoms. The Morgan fingerprint density at radius 3 is 2.18 bits per heavy atom. The van der Waals surface area contributed by atoms with Gasteiger partial charge in [0.25, 0.3) is 11.8 Å². The van der Waals surface area contributed by atoms with E-state index in [4.69, 9.17) is 9.47 Å². The smallest absolute Gasteiger partial charge is 0.253 e. The summed E-state index contributed by atoms with van der Waals surface area (Å²) in [7, 11) is 3.11. The quantitative estimate of drug-likeness (QED) is 0.598. The molecule has 1 aromatic heterocycles. The van der Waals surface area contributed by atoms with Gasteiger partial charge in [0.1, 0.15) is 0 Å². The summed E-state index contributed by atoms with van der Waals surface area (Å²) in [6.45, 7) is 1.96. The van der Waals surface area contributed by atoms with Gasteiger partial charge in [-0.05, 0) is 73.4 Å². The van der Waals surface area contributed by atoms with Crippen LogP contribution in [-0.4, -0.2) is 55.1 Å². The van der Waals surface area contributed by atoms with Gasteiger partial charge in [-0.15, -0.1) is 0 Å². The molecule has 0 radical (unpaired) electrons. The van der Waals surface area contributed by atoms with E-state index in [-0.39, 0.29) is 11.8 Å². The number of rotatable bonds is 7. The predicted octanol–water partition coefficient (Wildman–Crippen LogP) is 3.78. The Labute approximate surface area is 193 Å². The summed E-state index contributed by atoms with van der Waals surface area (Å²) in [5.74, 6) is 1.37. The van der Waals surface area contributed by atoms with Gasteiger partial charge < -0.3 is 24.3 Å². The maximum Gasteiger partial charge on any atom is 0.253 e. The molecule has 0 aliphatic carbocycles. The van der Waals surface area contributed by atoms with Gasteiger partial charge in [-0.25, -0.2) is 0 Å². The number of hydrogen-bond acceptors (Lipinski definition) is 4. The molecule has 4 rings (SSSR count). The van der Waals surface area contributed by atoms with Gasteiger partial charge >= 0.3 is 0 Å². The average molecular weight is 448 g/mol. The Balaban J connectivity index is 1.26. The van der Waals surface area contributed by atoms with Gasteiger partial charge in [-0.1, -0.05) is 0 Å². The largest absolute Gasteiger partial charge is 0.493 e. The lowest BCUT2D eigenvalue weighted by atomic mass is 9.96. The van der Waals surface area contributed by atoms with Crippen LogP contribution < -0.4 is 14.8 Å². The average Bonchev–Trinajstić information content (AvgIpc) is 3.42. The second-order valence-corrected chi connectivity index (χ2v) is 8.15. The molecular weight excluding hydrogens is 418 g/mol. The van der Waals surface area contributed by atoms with Crippen LogP contribution in [0.5, 0.6) is 11.5 Å². The molecule has 1 aliphatic rings. The molecule has 1 aliphatic heterocycles. The van der Waals surface area contributed by atoms with Crippen LogP contribution in [0, 0.1) is 5.92 Å². The van der Waals surface area contributed by atoms with Crippen molar-refractivity contribution in [3.63, 3.8) is 0 Å². The van der Waals surface area contributed by atoms with E-state index in [1.165, 1.54) is 0 Å². The van der Waals surface area contributed by atoms with E-state index in [1.54, 1.807) is 32.4 Å². The first kappa shape index (κ1) is 22.5. The van der Waals surface area contributed by atoms with E-state index >= 15 is 0 Å². The minimum absolute atomic E-state index is 0.0573. The maximum absolute atomic E-state index is 12.9. The monoisotopic (exact) mass is 447 g/mol. The lowest BCUT2D eigenvalue weighted by molar-refractivity contribution is 0.0684. The van der Waals surface area contributed by atoms with Crippen molar-refractivity contribution in [2.45, 2.75) is 12.8 Å². The number of aromatic nitrogens is 1. The van der Waals surface area contributed by atoms with Gasteiger partial charge in [0.05, 0.1) is 14.2 Å². The van der Waals surface area contributed by atoms with E-state index in [1.807, 2.05) is 58.3 Å². The first-order valence-electron chi connectivity index (χ1n) is 11.1. The van der Waals surface area contributed by atoms with Gasteiger partial charge in [-0.3, -0.25) is 9.59 Å². The molecule has 1 fully saturated rings. The molecule has 3 aromatic rings. The zero-order chi connectivity index (χ0) is 23.2. The zero-order valence-corrected chi connectivity index (χ0v) is 19.0. The molecule has 7 heteroatoms. The summed E-state index contributed by atoms with van der Waals surface area (Å²) in [4.78, 5) is 27.3. The number of hydrogen-bond donors (Lipinski definition) is 1. The molecule has 172 valence electrons. The number of carbonyl (C=O) groups is 2. The van der Waals surface area contributed by atoms with Crippen LogP contribution in [0.4, 0.5) is 0 Å². The number of piperidine rings is 1. The molecule has 1 saturated heterocycles. The van der Waals surface area contributed by atoms with Crippen LogP contribution in [0.1, 0.15) is 33.6 Å². The first-order valence-corrected chi connectivity index (χ1v) is 11.1. The van der Waals surface area contributed by atoms with Crippen LogP contribution >= 0.6 is 0 Å². The van der Waals surface area contributed by atoms with E-state index < -0.39 is 0 Å². The van der Waals surface area contributed by atoms with E-state index in [0.29, 0.717) is 48.2 Å². The van der Waals surface area contributed by atoms with E-state index in [0.717, 1.165) is 18.5 Å². The fourth-order valence-electron chi connectivity index (χ4n) is 4.12. The zero-order valence-electron chi connectivity index (χ0n) is 19.0. The molecule has 2 amide bonds. The lowest BCUT2D eigenvalue weighted by Crippen LogP contribution is -2.41. The highest BCUT2D eigenvalue weighted by Gasteiger charge is 2.24. The fraction of sp³-hybridized carbons (Fsp3) is 0.308. The summed E-state index contributed by atoms with van der Waals surface area (Å²) in [6.07, 6.45) is 5.68. The van der Waals surface area contributed by atoms with Crippen LogP contribution in [0.25, 0.3) is 5.69 Å². The van der Waals surface area contributed by atoms with Crippen molar-refractivity contribution in [1.29, 1.82) is 0 Å². The highest BCUT2D eigenvalue weighted by molar-refractivity contribution is 5.95. The molecule has 2 heterocycles. The molecule has 0 saturated carbocycles. The number of benzene rings is 2. The van der Waals surface area contributed by atoms with Gasteiger partial charge in [0, 0.05) is 48.8 Å². The minimum atomic E-state index is -0.141. The summed E-state index contributed by atoms with van der Waals surface area (Å²) in [5.41, 5.74) is 2.26. The summed E-state index contributed by atoms with van der Waals surface area (Å²) >= 11 is 0. The van der Waals surface area contributed by atoms with E-state index in [9.17, 15) is 9.59 Å². The predicted molar refractivity (Wildman–Crippen MR) is 126 cm³/mol. The Morgan fingerprint density at radius 1 is 0.909 bits per heavy atom. The first-order chi connectivity index (χ1) is 16.1. The molecule has 0 unspecified atom stereocenters. The second-order valence-electron chi connectivity index (χ2n) is 8.15. The number of carbonyl (C=O) groups excluding carboxylic acids is 2. The Kier molecular flexibility index (Phi) is 6.98. The van der Waals surface area contributed by atoms with Crippen LogP contribution in [-0.2, 0) is 0 Å². The maximum atomic E-state index is 12.9. The van der Waals surface area contributed by atoms with Crippen molar-refractivity contribution >= 4 is 11.8 Å². The molecular formula is C26H29N3O4.